The van der Waals surface area contributed by atoms with Crippen molar-refractivity contribution >= 4 is 17.7 Å². The van der Waals surface area contributed by atoms with Gasteiger partial charge in [0.25, 0.3) is 0 Å². The summed E-state index contributed by atoms with van der Waals surface area (Å²) < 4.78 is 5.29. The molecule has 2 rings (SSSR count). The third-order valence-electron chi connectivity index (χ3n) is 3.84. The lowest BCUT2D eigenvalue weighted by Gasteiger charge is -2.29. The van der Waals surface area contributed by atoms with E-state index in [0.717, 1.165) is 6.54 Å². The number of rotatable bonds is 3. The Hall–Kier alpha value is -2.86. The largest absolute Gasteiger partial charge is 0.478 e. The highest BCUT2D eigenvalue weighted by Crippen LogP contribution is 2.30. The average Bonchev–Trinajstić information content (AvgIpc) is 2.94. The molecule has 28 heavy (non-hydrogen) atoms. The van der Waals surface area contributed by atoms with Crippen molar-refractivity contribution in [2.45, 2.75) is 52.2 Å². The van der Waals surface area contributed by atoms with Gasteiger partial charge in [0.1, 0.15) is 22.9 Å². The molecule has 0 bridgehead atoms. The number of pyridine rings is 1. The predicted molar refractivity (Wildman–Crippen MR) is 105 cm³/mol. The molecular weight excluding hydrogens is 362 g/mol. The molecule has 1 fully saturated rings. The Morgan fingerprint density at radius 3 is 2.61 bits per heavy atom. The first-order chi connectivity index (χ1) is 12.9. The summed E-state index contributed by atoms with van der Waals surface area (Å²) in [5.74, 6) is -1.11. The number of nitrogens with one attached hydrogen (secondary N) is 1. The SMILES string of the molecule is CC(C)(C)OC(=O)N[C@@]1(C)CCN(c2cc(C#N)ncc2C(=O)O)C1.CCN. The lowest BCUT2D eigenvalue weighted by Crippen LogP contribution is -2.49. The highest BCUT2D eigenvalue weighted by atomic mass is 16.6. The summed E-state index contributed by atoms with van der Waals surface area (Å²) >= 11 is 0. The van der Waals surface area contributed by atoms with Crippen molar-refractivity contribution in [3.05, 3.63) is 23.5 Å². The van der Waals surface area contributed by atoms with Gasteiger partial charge in [0.15, 0.2) is 0 Å². The summed E-state index contributed by atoms with van der Waals surface area (Å²) in [7, 11) is 0. The third kappa shape index (κ3) is 6.70. The Morgan fingerprint density at radius 2 is 2.11 bits per heavy atom. The summed E-state index contributed by atoms with van der Waals surface area (Å²) in [6, 6.07) is 3.38. The van der Waals surface area contributed by atoms with Gasteiger partial charge in [-0.05, 0) is 46.7 Å². The maximum absolute atomic E-state index is 12.0. The lowest BCUT2D eigenvalue weighted by molar-refractivity contribution is 0.0472. The zero-order valence-corrected chi connectivity index (χ0v) is 17.1. The van der Waals surface area contributed by atoms with E-state index in [0.29, 0.717) is 25.2 Å². The Kier molecular flexibility index (Phi) is 7.76. The van der Waals surface area contributed by atoms with Gasteiger partial charge in [-0.15, -0.1) is 0 Å². The maximum Gasteiger partial charge on any atom is 0.408 e. The van der Waals surface area contributed by atoms with E-state index in [-0.39, 0.29) is 11.3 Å². The Bertz CT molecular complexity index is 754. The van der Waals surface area contributed by atoms with Crippen LogP contribution in [0.25, 0.3) is 0 Å². The van der Waals surface area contributed by atoms with E-state index in [4.69, 9.17) is 15.7 Å². The molecule has 1 aromatic heterocycles. The van der Waals surface area contributed by atoms with Crippen molar-refractivity contribution in [2.75, 3.05) is 24.5 Å². The van der Waals surface area contributed by atoms with Crippen LogP contribution in [0, 0.1) is 11.3 Å². The first-order valence-corrected chi connectivity index (χ1v) is 9.04. The molecule has 1 saturated heterocycles. The molecule has 1 amide bonds. The molecule has 1 aliphatic heterocycles. The van der Waals surface area contributed by atoms with Crippen LogP contribution in [0.15, 0.2) is 12.3 Å². The number of hydrogen-bond donors (Lipinski definition) is 3. The van der Waals surface area contributed by atoms with E-state index < -0.39 is 23.2 Å². The van der Waals surface area contributed by atoms with E-state index in [1.54, 1.807) is 20.8 Å². The lowest BCUT2D eigenvalue weighted by atomic mass is 10.0. The molecule has 0 aromatic carbocycles. The van der Waals surface area contributed by atoms with E-state index in [1.807, 2.05) is 24.8 Å². The van der Waals surface area contributed by atoms with Gasteiger partial charge in [-0.25, -0.2) is 14.6 Å². The predicted octanol–water partition coefficient (Wildman–Crippen LogP) is 2.11. The maximum atomic E-state index is 12.0. The Labute approximate surface area is 165 Å². The topological polar surface area (TPSA) is 142 Å². The van der Waals surface area contributed by atoms with Gasteiger partial charge in [-0.3, -0.25) is 0 Å². The van der Waals surface area contributed by atoms with Crippen LogP contribution in [0.1, 0.15) is 57.1 Å². The van der Waals surface area contributed by atoms with Crippen LogP contribution in [0.5, 0.6) is 0 Å². The summed E-state index contributed by atoms with van der Waals surface area (Å²) in [6.45, 7) is 10.8. The van der Waals surface area contributed by atoms with Crippen molar-refractivity contribution in [3.63, 3.8) is 0 Å². The summed E-state index contributed by atoms with van der Waals surface area (Å²) in [5, 5.41) is 21.2. The van der Waals surface area contributed by atoms with E-state index >= 15 is 0 Å². The fourth-order valence-corrected chi connectivity index (χ4v) is 2.75. The molecule has 154 valence electrons. The zero-order valence-electron chi connectivity index (χ0n) is 17.1. The molecule has 1 aromatic rings. The molecule has 9 heteroatoms. The van der Waals surface area contributed by atoms with Gasteiger partial charge < -0.3 is 25.8 Å². The van der Waals surface area contributed by atoms with Crippen LogP contribution < -0.4 is 16.0 Å². The van der Waals surface area contributed by atoms with Gasteiger partial charge in [0.2, 0.25) is 0 Å². The molecule has 1 atom stereocenters. The highest BCUT2D eigenvalue weighted by Gasteiger charge is 2.37. The second-order valence-corrected chi connectivity index (χ2v) is 7.77. The molecule has 9 nitrogen and oxygen atoms in total. The molecule has 0 unspecified atom stereocenters. The number of nitriles is 1. The van der Waals surface area contributed by atoms with Crippen molar-refractivity contribution in [2.24, 2.45) is 5.73 Å². The Morgan fingerprint density at radius 1 is 1.50 bits per heavy atom. The fraction of sp³-hybridized carbons (Fsp3) is 0.579. The van der Waals surface area contributed by atoms with Crippen molar-refractivity contribution in [3.8, 4) is 6.07 Å². The zero-order chi connectivity index (χ0) is 21.5. The average molecular weight is 391 g/mol. The van der Waals surface area contributed by atoms with Crippen LogP contribution in [0.4, 0.5) is 10.5 Å². The molecule has 0 saturated carbocycles. The molecule has 2 heterocycles. The number of amides is 1. The van der Waals surface area contributed by atoms with Crippen LogP contribution in [0.2, 0.25) is 0 Å². The monoisotopic (exact) mass is 391 g/mol. The van der Waals surface area contributed by atoms with E-state index in [9.17, 15) is 14.7 Å². The van der Waals surface area contributed by atoms with E-state index in [1.165, 1.54) is 12.3 Å². The number of aromatic nitrogens is 1. The number of nitrogens with two attached hydrogens (primary N) is 1. The number of carboxylic acids is 1. The number of alkyl carbamates (subject to hydrolysis) is 1. The minimum Gasteiger partial charge on any atom is -0.478 e. The quantitative estimate of drug-likeness (QED) is 0.711. The second kappa shape index (κ2) is 9.37. The standard InChI is InChI=1S/C17H22N4O4.C2H7N/c1-16(2,3)25-15(24)20-17(4)5-6-21(10-17)13-7-11(8-18)19-9-12(13)14(22)23;1-2-3/h7,9H,5-6,10H2,1-4H3,(H,20,24)(H,22,23);2-3H2,1H3/t17-;/m0./s1. The van der Waals surface area contributed by atoms with Crippen LogP contribution >= 0.6 is 0 Å². The van der Waals surface area contributed by atoms with Crippen LogP contribution in [-0.2, 0) is 4.74 Å². The summed E-state index contributed by atoms with van der Waals surface area (Å²) in [5.41, 5.74) is 4.29. The smallest absolute Gasteiger partial charge is 0.408 e. The highest BCUT2D eigenvalue weighted by molar-refractivity contribution is 5.94. The number of carbonyl (C=O) groups excluding carboxylic acids is 1. The van der Waals surface area contributed by atoms with Crippen LogP contribution in [-0.4, -0.2) is 52.9 Å². The van der Waals surface area contributed by atoms with Gasteiger partial charge in [0.05, 0.1) is 11.2 Å². The van der Waals surface area contributed by atoms with Gasteiger partial charge >= 0.3 is 12.1 Å². The van der Waals surface area contributed by atoms with Crippen LogP contribution in [0.3, 0.4) is 0 Å². The molecule has 1 aliphatic rings. The first kappa shape index (κ1) is 23.2. The molecule has 0 aliphatic carbocycles. The normalized spacial score (nSPS) is 18.5. The number of aromatic carboxylic acids is 1. The fourth-order valence-electron chi connectivity index (χ4n) is 2.75. The Balaban J connectivity index is 0.00000122. The third-order valence-corrected chi connectivity index (χ3v) is 3.84. The minimum absolute atomic E-state index is 0.0283. The number of carboxylic acid groups (broad SMARTS) is 1. The number of ether oxygens (including phenoxy) is 1. The second-order valence-electron chi connectivity index (χ2n) is 7.77. The number of nitrogens with zero attached hydrogens (tertiary/aromatic N) is 3. The molecule has 4 N–H and O–H groups in total. The van der Waals surface area contributed by atoms with Crippen molar-refractivity contribution in [1.29, 1.82) is 5.26 Å². The molecule has 0 spiro atoms. The first-order valence-electron chi connectivity index (χ1n) is 9.04. The number of hydrogen-bond acceptors (Lipinski definition) is 7. The molecule has 0 radical (unpaired) electrons. The number of anilines is 1. The van der Waals surface area contributed by atoms with Gasteiger partial charge in [-0.1, -0.05) is 6.92 Å². The minimum atomic E-state index is -1.11. The van der Waals surface area contributed by atoms with E-state index in [2.05, 4.69) is 10.3 Å². The summed E-state index contributed by atoms with van der Waals surface area (Å²) in [4.78, 5) is 29.1. The number of carbonyl (C=O) groups is 2. The van der Waals surface area contributed by atoms with Gasteiger partial charge in [0, 0.05) is 19.3 Å². The van der Waals surface area contributed by atoms with Gasteiger partial charge in [-0.2, -0.15) is 5.26 Å². The van der Waals surface area contributed by atoms with Crippen molar-refractivity contribution < 1.29 is 19.4 Å². The molecular formula is C19H29N5O4. The van der Waals surface area contributed by atoms with Crippen molar-refractivity contribution in [1.82, 2.24) is 10.3 Å². The summed E-state index contributed by atoms with van der Waals surface area (Å²) in [6.07, 6.45) is 1.30.